The number of hydrogen-bond acceptors (Lipinski definition) is 1. The van der Waals surface area contributed by atoms with E-state index in [4.69, 9.17) is 0 Å². The standard InChI is InChI=1S/C33H21N/c1-2-6-30-29(5-1)31-7-3-4-27-20-28(21-32(30)33(27)31)25-14-12-23(13-15-25)22-8-10-24(11-9-22)26-16-18-34-19-17-26/h1-21H. The summed E-state index contributed by atoms with van der Waals surface area (Å²) in [5.74, 6) is 0. The predicted molar refractivity (Wildman–Crippen MR) is 142 cm³/mol. The van der Waals surface area contributed by atoms with Crippen LogP contribution < -0.4 is 0 Å². The van der Waals surface area contributed by atoms with Gasteiger partial charge in [0.1, 0.15) is 0 Å². The third kappa shape index (κ3) is 2.98. The van der Waals surface area contributed by atoms with Gasteiger partial charge in [-0.1, -0.05) is 91.0 Å². The summed E-state index contributed by atoms with van der Waals surface area (Å²) in [6, 6.07) is 41.8. The van der Waals surface area contributed by atoms with E-state index in [9.17, 15) is 0 Å². The predicted octanol–water partition coefficient (Wildman–Crippen LogP) is 8.88. The third-order valence-corrected chi connectivity index (χ3v) is 6.93. The van der Waals surface area contributed by atoms with Crippen molar-refractivity contribution in [3.63, 3.8) is 0 Å². The Balaban J connectivity index is 1.25. The van der Waals surface area contributed by atoms with Crippen LogP contribution in [0.1, 0.15) is 0 Å². The second kappa shape index (κ2) is 7.54. The van der Waals surface area contributed by atoms with Crippen LogP contribution >= 0.6 is 0 Å². The molecule has 0 unspecified atom stereocenters. The van der Waals surface area contributed by atoms with Crippen molar-refractivity contribution in [2.45, 2.75) is 0 Å². The zero-order chi connectivity index (χ0) is 22.5. The van der Waals surface area contributed by atoms with Gasteiger partial charge in [-0.15, -0.1) is 0 Å². The number of aromatic nitrogens is 1. The molecule has 0 spiro atoms. The Morgan fingerprint density at radius 2 is 0.853 bits per heavy atom. The molecule has 1 aliphatic rings. The molecule has 0 bridgehead atoms. The van der Waals surface area contributed by atoms with Crippen LogP contribution in [0.15, 0.2) is 128 Å². The highest BCUT2D eigenvalue weighted by molar-refractivity contribution is 6.16. The molecule has 0 saturated carbocycles. The Labute approximate surface area is 199 Å². The summed E-state index contributed by atoms with van der Waals surface area (Å²) in [4.78, 5) is 4.11. The number of hydrogen-bond donors (Lipinski definition) is 0. The van der Waals surface area contributed by atoms with Crippen molar-refractivity contribution in [3.8, 4) is 55.6 Å². The maximum atomic E-state index is 4.11. The van der Waals surface area contributed by atoms with Crippen LogP contribution in [0.5, 0.6) is 0 Å². The van der Waals surface area contributed by atoms with E-state index in [1.54, 1.807) is 0 Å². The lowest BCUT2D eigenvalue weighted by molar-refractivity contribution is 1.33. The summed E-state index contributed by atoms with van der Waals surface area (Å²) in [6.07, 6.45) is 3.67. The Bertz CT molecular complexity index is 1660. The van der Waals surface area contributed by atoms with Gasteiger partial charge in [-0.25, -0.2) is 0 Å². The molecule has 7 rings (SSSR count). The fourth-order valence-corrected chi connectivity index (χ4v) is 5.24. The largest absolute Gasteiger partial charge is 0.265 e. The Morgan fingerprint density at radius 1 is 0.353 bits per heavy atom. The summed E-state index contributed by atoms with van der Waals surface area (Å²) < 4.78 is 0. The van der Waals surface area contributed by atoms with Gasteiger partial charge in [0.25, 0.3) is 0 Å². The maximum absolute atomic E-state index is 4.11. The summed E-state index contributed by atoms with van der Waals surface area (Å²) in [6.45, 7) is 0. The van der Waals surface area contributed by atoms with Crippen LogP contribution in [0, 0.1) is 0 Å². The van der Waals surface area contributed by atoms with E-state index < -0.39 is 0 Å². The minimum atomic E-state index is 1.19. The number of nitrogens with zero attached hydrogens (tertiary/aromatic N) is 1. The van der Waals surface area contributed by atoms with Crippen LogP contribution in [0.3, 0.4) is 0 Å². The monoisotopic (exact) mass is 431 g/mol. The van der Waals surface area contributed by atoms with Gasteiger partial charge in [-0.2, -0.15) is 0 Å². The topological polar surface area (TPSA) is 12.9 Å². The van der Waals surface area contributed by atoms with Crippen molar-refractivity contribution < 1.29 is 0 Å². The Hall–Kier alpha value is -4.49. The second-order valence-electron chi connectivity index (χ2n) is 8.86. The van der Waals surface area contributed by atoms with Crippen LogP contribution in [-0.2, 0) is 0 Å². The average Bonchev–Trinajstić information content (AvgIpc) is 3.25. The van der Waals surface area contributed by atoms with E-state index in [0.717, 1.165) is 0 Å². The highest BCUT2D eigenvalue weighted by Gasteiger charge is 2.21. The van der Waals surface area contributed by atoms with Crippen molar-refractivity contribution in [1.29, 1.82) is 0 Å². The van der Waals surface area contributed by atoms with Crippen molar-refractivity contribution in [2.24, 2.45) is 0 Å². The normalized spacial score (nSPS) is 11.5. The lowest BCUT2D eigenvalue weighted by Crippen LogP contribution is -1.84. The van der Waals surface area contributed by atoms with Gasteiger partial charge in [0.2, 0.25) is 0 Å². The smallest absolute Gasteiger partial charge is 0.0273 e. The van der Waals surface area contributed by atoms with E-state index in [-0.39, 0.29) is 0 Å². The molecule has 158 valence electrons. The molecule has 0 atom stereocenters. The molecular formula is C33H21N. The third-order valence-electron chi connectivity index (χ3n) is 6.93. The summed E-state index contributed by atoms with van der Waals surface area (Å²) in [7, 11) is 0. The number of benzene rings is 5. The first-order chi connectivity index (χ1) is 16.8. The maximum Gasteiger partial charge on any atom is 0.0273 e. The molecule has 1 nitrogen and oxygen atoms in total. The Morgan fingerprint density at radius 3 is 1.47 bits per heavy atom. The average molecular weight is 432 g/mol. The molecule has 0 amide bonds. The summed E-state index contributed by atoms with van der Waals surface area (Å²) >= 11 is 0. The Kier molecular flexibility index (Phi) is 4.22. The van der Waals surface area contributed by atoms with Crippen molar-refractivity contribution in [2.75, 3.05) is 0 Å². The molecular weight excluding hydrogens is 410 g/mol. The molecule has 5 aromatic carbocycles. The molecule has 1 aliphatic carbocycles. The molecule has 1 aromatic heterocycles. The number of fused-ring (bicyclic) bond motifs is 3. The minimum Gasteiger partial charge on any atom is -0.265 e. The summed E-state index contributed by atoms with van der Waals surface area (Å²) in [5.41, 5.74) is 12.7. The van der Waals surface area contributed by atoms with Crippen molar-refractivity contribution >= 4 is 10.8 Å². The lowest BCUT2D eigenvalue weighted by Gasteiger charge is -2.10. The van der Waals surface area contributed by atoms with Crippen LogP contribution in [-0.4, -0.2) is 4.98 Å². The molecule has 1 heterocycles. The van der Waals surface area contributed by atoms with Gasteiger partial charge in [-0.3, -0.25) is 4.98 Å². The van der Waals surface area contributed by atoms with E-state index in [0.29, 0.717) is 0 Å². The van der Waals surface area contributed by atoms with Gasteiger partial charge < -0.3 is 0 Å². The fraction of sp³-hybridized carbons (Fsp3) is 0. The quantitative estimate of drug-likeness (QED) is 0.272. The van der Waals surface area contributed by atoms with Gasteiger partial charge in [-0.05, 0) is 90.7 Å². The first-order valence-corrected chi connectivity index (χ1v) is 11.6. The van der Waals surface area contributed by atoms with E-state index in [1.165, 1.54) is 66.4 Å². The van der Waals surface area contributed by atoms with Gasteiger partial charge in [0.05, 0.1) is 0 Å². The number of pyridine rings is 1. The molecule has 0 fully saturated rings. The second-order valence-corrected chi connectivity index (χ2v) is 8.86. The molecule has 6 aromatic rings. The first-order valence-electron chi connectivity index (χ1n) is 11.6. The zero-order valence-electron chi connectivity index (χ0n) is 18.6. The van der Waals surface area contributed by atoms with E-state index >= 15 is 0 Å². The highest BCUT2D eigenvalue weighted by atomic mass is 14.6. The van der Waals surface area contributed by atoms with Crippen LogP contribution in [0.2, 0.25) is 0 Å². The molecule has 0 saturated heterocycles. The molecule has 0 radical (unpaired) electrons. The minimum absolute atomic E-state index is 1.19. The van der Waals surface area contributed by atoms with Crippen LogP contribution in [0.4, 0.5) is 0 Å². The van der Waals surface area contributed by atoms with Crippen molar-refractivity contribution in [1.82, 2.24) is 4.98 Å². The molecule has 0 aliphatic heterocycles. The first kappa shape index (κ1) is 19.0. The molecule has 34 heavy (non-hydrogen) atoms. The summed E-state index contributed by atoms with van der Waals surface area (Å²) in [5, 5.41) is 2.68. The zero-order valence-corrected chi connectivity index (χ0v) is 18.6. The highest BCUT2D eigenvalue weighted by Crippen LogP contribution is 2.48. The van der Waals surface area contributed by atoms with E-state index in [1.807, 2.05) is 24.5 Å². The van der Waals surface area contributed by atoms with Gasteiger partial charge >= 0.3 is 0 Å². The fourth-order valence-electron chi connectivity index (χ4n) is 5.24. The van der Waals surface area contributed by atoms with Crippen molar-refractivity contribution in [3.05, 3.63) is 128 Å². The lowest BCUT2D eigenvalue weighted by atomic mass is 9.94. The number of rotatable bonds is 3. The molecule has 1 heteroatoms. The van der Waals surface area contributed by atoms with Gasteiger partial charge in [0, 0.05) is 12.4 Å². The van der Waals surface area contributed by atoms with E-state index in [2.05, 4.69) is 108 Å². The SMILES string of the molecule is c1ccc2c(c1)-c1cccc3cc(-c4ccc(-c5ccc(-c6ccncc6)cc5)cc4)cc-2c13. The van der Waals surface area contributed by atoms with Crippen LogP contribution in [0.25, 0.3) is 66.4 Å². The van der Waals surface area contributed by atoms with Gasteiger partial charge in [0.15, 0.2) is 0 Å². The molecule has 0 N–H and O–H groups in total.